The Bertz CT molecular complexity index is 1370. The molecule has 0 spiro atoms. The third kappa shape index (κ3) is 6.57. The van der Waals surface area contributed by atoms with Crippen molar-refractivity contribution in [1.82, 2.24) is 9.97 Å². The summed E-state index contributed by atoms with van der Waals surface area (Å²) in [5, 5.41) is 15.7. The molecular formula is C26H24N4O5S. The summed E-state index contributed by atoms with van der Waals surface area (Å²) in [4.78, 5) is 32.2. The summed E-state index contributed by atoms with van der Waals surface area (Å²) in [6, 6.07) is 19.2. The van der Waals surface area contributed by atoms with Gasteiger partial charge in [-0.1, -0.05) is 41.7 Å². The van der Waals surface area contributed by atoms with Crippen molar-refractivity contribution in [2.24, 2.45) is 0 Å². The van der Waals surface area contributed by atoms with Crippen LogP contribution in [0.25, 0.3) is 11.3 Å². The number of aromatic carboxylic acids is 1. The zero-order valence-corrected chi connectivity index (χ0v) is 20.6. The zero-order chi connectivity index (χ0) is 25.7. The number of ether oxygens (including phenoxy) is 2. The molecule has 2 aromatic carbocycles. The highest BCUT2D eigenvalue weighted by Crippen LogP contribution is 2.41. The molecular weight excluding hydrogens is 480 g/mol. The van der Waals surface area contributed by atoms with Crippen LogP contribution in [0.5, 0.6) is 10.8 Å². The van der Waals surface area contributed by atoms with Crippen molar-refractivity contribution in [1.29, 1.82) is 0 Å². The van der Waals surface area contributed by atoms with Crippen molar-refractivity contribution in [2.75, 3.05) is 10.6 Å². The van der Waals surface area contributed by atoms with Crippen LogP contribution in [0.4, 0.5) is 21.4 Å². The van der Waals surface area contributed by atoms with Gasteiger partial charge in [-0.15, -0.1) is 0 Å². The van der Waals surface area contributed by atoms with Gasteiger partial charge in [-0.25, -0.2) is 19.6 Å². The van der Waals surface area contributed by atoms with E-state index in [9.17, 15) is 9.59 Å². The fraction of sp³-hybridized carbons (Fsp3) is 0.154. The van der Waals surface area contributed by atoms with Gasteiger partial charge < -0.3 is 19.9 Å². The SMILES string of the molecule is CC(C)(C)OC(=O)Nc1nc(-c2ccccc2)c(Oc2ccnc(Nc3ccc(C(=O)O)cc3)c2)s1. The molecule has 0 aliphatic carbocycles. The minimum Gasteiger partial charge on any atom is -0.478 e. The molecule has 0 bridgehead atoms. The summed E-state index contributed by atoms with van der Waals surface area (Å²) in [7, 11) is 0. The number of benzene rings is 2. The number of nitrogens with zero attached hydrogens (tertiary/aromatic N) is 2. The minimum absolute atomic E-state index is 0.194. The third-order valence-electron chi connectivity index (χ3n) is 4.60. The first-order valence-corrected chi connectivity index (χ1v) is 11.8. The largest absolute Gasteiger partial charge is 0.478 e. The molecule has 2 aromatic heterocycles. The van der Waals surface area contributed by atoms with Crippen LogP contribution in [-0.2, 0) is 4.74 Å². The first kappa shape index (κ1) is 24.7. The number of carboxylic acid groups (broad SMARTS) is 1. The predicted octanol–water partition coefficient (Wildman–Crippen LogP) is 6.79. The van der Waals surface area contributed by atoms with Crippen LogP contribution in [0, 0.1) is 0 Å². The molecule has 1 amide bonds. The van der Waals surface area contributed by atoms with E-state index in [0.29, 0.717) is 33.1 Å². The molecule has 0 unspecified atom stereocenters. The van der Waals surface area contributed by atoms with Gasteiger partial charge in [0, 0.05) is 23.5 Å². The van der Waals surface area contributed by atoms with Crippen molar-refractivity contribution in [2.45, 2.75) is 26.4 Å². The average Bonchev–Trinajstić information content (AvgIpc) is 3.20. The summed E-state index contributed by atoms with van der Waals surface area (Å²) >= 11 is 1.18. The predicted molar refractivity (Wildman–Crippen MR) is 138 cm³/mol. The van der Waals surface area contributed by atoms with Gasteiger partial charge in [-0.3, -0.25) is 5.32 Å². The van der Waals surface area contributed by atoms with Crippen LogP contribution in [0.15, 0.2) is 72.9 Å². The summed E-state index contributed by atoms with van der Waals surface area (Å²) in [5.74, 6) is 0.0159. The molecule has 0 radical (unpaired) electrons. The van der Waals surface area contributed by atoms with Crippen LogP contribution in [-0.4, -0.2) is 32.7 Å². The Balaban J connectivity index is 1.56. The number of hydrogen-bond acceptors (Lipinski definition) is 8. The second kappa shape index (κ2) is 10.4. The fourth-order valence-corrected chi connectivity index (χ4v) is 3.94. The van der Waals surface area contributed by atoms with E-state index in [0.717, 1.165) is 5.56 Å². The maximum atomic E-state index is 12.3. The van der Waals surface area contributed by atoms with E-state index < -0.39 is 17.7 Å². The number of carboxylic acids is 1. The number of aromatic nitrogens is 2. The first-order valence-electron chi connectivity index (χ1n) is 11.0. The van der Waals surface area contributed by atoms with Gasteiger partial charge in [0.2, 0.25) is 5.06 Å². The quantitative estimate of drug-likeness (QED) is 0.251. The van der Waals surface area contributed by atoms with Gasteiger partial charge in [0.05, 0.1) is 5.56 Å². The highest BCUT2D eigenvalue weighted by atomic mass is 32.1. The number of pyridine rings is 1. The first-order chi connectivity index (χ1) is 17.2. The van der Waals surface area contributed by atoms with Crippen LogP contribution in [0.3, 0.4) is 0 Å². The lowest BCUT2D eigenvalue weighted by molar-refractivity contribution is 0.0634. The van der Waals surface area contributed by atoms with Gasteiger partial charge in [-0.05, 0) is 51.1 Å². The van der Waals surface area contributed by atoms with Crippen molar-refractivity contribution in [3.63, 3.8) is 0 Å². The molecule has 3 N–H and O–H groups in total. The van der Waals surface area contributed by atoms with Crippen LogP contribution < -0.4 is 15.4 Å². The number of nitrogens with one attached hydrogen (secondary N) is 2. The van der Waals surface area contributed by atoms with E-state index in [-0.39, 0.29) is 5.56 Å². The van der Waals surface area contributed by atoms with Crippen molar-refractivity contribution >= 4 is 40.0 Å². The zero-order valence-electron chi connectivity index (χ0n) is 19.8. The van der Waals surface area contributed by atoms with Crippen LogP contribution in [0.2, 0.25) is 0 Å². The summed E-state index contributed by atoms with van der Waals surface area (Å²) in [6.45, 7) is 5.36. The van der Waals surface area contributed by atoms with E-state index in [2.05, 4.69) is 20.6 Å². The maximum absolute atomic E-state index is 12.3. The molecule has 10 heteroatoms. The normalized spacial score (nSPS) is 11.0. The molecule has 4 rings (SSSR count). The van der Waals surface area contributed by atoms with E-state index in [1.54, 1.807) is 51.2 Å². The topological polar surface area (TPSA) is 123 Å². The lowest BCUT2D eigenvalue weighted by atomic mass is 10.2. The number of thiazole rings is 1. The monoisotopic (exact) mass is 504 g/mol. The number of carbonyl (C=O) groups is 2. The average molecular weight is 505 g/mol. The molecule has 0 aliphatic heterocycles. The van der Waals surface area contributed by atoms with E-state index >= 15 is 0 Å². The van der Waals surface area contributed by atoms with Gasteiger partial charge in [0.25, 0.3) is 0 Å². The molecule has 184 valence electrons. The number of carbonyl (C=O) groups excluding carboxylic acids is 1. The molecule has 2 heterocycles. The lowest BCUT2D eigenvalue weighted by Gasteiger charge is -2.18. The number of amides is 1. The highest BCUT2D eigenvalue weighted by Gasteiger charge is 2.21. The van der Waals surface area contributed by atoms with Crippen molar-refractivity contribution in [3.05, 3.63) is 78.5 Å². The standard InChI is InChI=1S/C26H24N4O5S/c1-26(2,3)35-25(33)30-24-29-21(16-7-5-4-6-8-16)23(36-24)34-19-13-14-27-20(15-19)28-18-11-9-17(10-12-18)22(31)32/h4-15H,1-3H3,(H,27,28)(H,31,32)(H,29,30,33). The van der Waals surface area contributed by atoms with Crippen molar-refractivity contribution in [3.8, 4) is 22.1 Å². The number of rotatable bonds is 7. The van der Waals surface area contributed by atoms with Gasteiger partial charge >= 0.3 is 12.1 Å². The Morgan fingerprint density at radius 2 is 1.72 bits per heavy atom. The summed E-state index contributed by atoms with van der Waals surface area (Å²) in [6.07, 6.45) is 0.985. The van der Waals surface area contributed by atoms with Crippen LogP contribution >= 0.6 is 11.3 Å². The van der Waals surface area contributed by atoms with Gasteiger partial charge in [-0.2, -0.15) is 0 Å². The molecule has 0 saturated heterocycles. The van der Waals surface area contributed by atoms with Gasteiger partial charge in [0.15, 0.2) is 5.13 Å². The summed E-state index contributed by atoms with van der Waals surface area (Å²) < 4.78 is 11.5. The van der Waals surface area contributed by atoms with Crippen LogP contribution in [0.1, 0.15) is 31.1 Å². The van der Waals surface area contributed by atoms with E-state index in [1.165, 1.54) is 23.5 Å². The molecule has 9 nitrogen and oxygen atoms in total. The van der Waals surface area contributed by atoms with Crippen molar-refractivity contribution < 1.29 is 24.2 Å². The van der Waals surface area contributed by atoms with E-state index in [1.807, 2.05) is 30.3 Å². The second-order valence-electron chi connectivity index (χ2n) is 8.63. The fourth-order valence-electron chi connectivity index (χ4n) is 3.09. The molecule has 0 fully saturated rings. The smallest absolute Gasteiger partial charge is 0.413 e. The maximum Gasteiger partial charge on any atom is 0.413 e. The Morgan fingerprint density at radius 1 is 1.00 bits per heavy atom. The van der Waals surface area contributed by atoms with E-state index in [4.69, 9.17) is 14.6 Å². The highest BCUT2D eigenvalue weighted by molar-refractivity contribution is 7.18. The second-order valence-corrected chi connectivity index (χ2v) is 9.60. The minimum atomic E-state index is -0.991. The Labute approximate surface area is 211 Å². The molecule has 36 heavy (non-hydrogen) atoms. The number of anilines is 3. The Kier molecular flexibility index (Phi) is 7.16. The summed E-state index contributed by atoms with van der Waals surface area (Å²) in [5.41, 5.74) is 1.63. The Hall–Kier alpha value is -4.44. The molecule has 0 aliphatic rings. The third-order valence-corrected chi connectivity index (χ3v) is 5.45. The molecule has 4 aromatic rings. The Morgan fingerprint density at radius 3 is 2.39 bits per heavy atom. The molecule has 0 atom stereocenters. The van der Waals surface area contributed by atoms with Gasteiger partial charge in [0.1, 0.15) is 22.9 Å². The number of hydrogen-bond donors (Lipinski definition) is 3. The lowest BCUT2D eigenvalue weighted by Crippen LogP contribution is -2.27. The molecule has 0 saturated carbocycles.